The maximum atomic E-state index is 6.97. The van der Waals surface area contributed by atoms with E-state index < -0.39 is 15.5 Å². The van der Waals surface area contributed by atoms with Gasteiger partial charge in [-0.1, -0.05) is 26.1 Å². The van der Waals surface area contributed by atoms with Gasteiger partial charge < -0.3 is 13.8 Å². The van der Waals surface area contributed by atoms with Crippen molar-refractivity contribution in [3.05, 3.63) is 13.8 Å². The van der Waals surface area contributed by atoms with Crippen molar-refractivity contribution >= 4 is 23.1 Å². The fourth-order valence-corrected chi connectivity index (χ4v) is 11.4. The monoisotopic (exact) mass is 353 g/mol. The second kappa shape index (κ2) is 7.62. The van der Waals surface area contributed by atoms with E-state index in [1.54, 1.807) is 0 Å². The van der Waals surface area contributed by atoms with Crippen LogP contribution in [0.25, 0.3) is 0 Å². The van der Waals surface area contributed by atoms with Crippen molar-refractivity contribution in [3.8, 4) is 0 Å². The molecule has 2 aliphatic rings. The van der Waals surface area contributed by atoms with Crippen molar-refractivity contribution in [2.75, 3.05) is 27.2 Å². The van der Waals surface area contributed by atoms with Crippen LogP contribution in [0.5, 0.6) is 0 Å². The van der Waals surface area contributed by atoms with Crippen molar-refractivity contribution in [3.63, 3.8) is 0 Å². The molecule has 20 heavy (non-hydrogen) atoms. The summed E-state index contributed by atoms with van der Waals surface area (Å²) in [5.74, 6) is 0. The zero-order chi connectivity index (χ0) is 13.6. The van der Waals surface area contributed by atoms with Gasteiger partial charge in [-0.3, -0.25) is 0 Å². The third kappa shape index (κ3) is 3.73. The summed E-state index contributed by atoms with van der Waals surface area (Å²) < 4.78 is 4.98. The summed E-state index contributed by atoms with van der Waals surface area (Å²) in [4.78, 5) is 0. The average Bonchev–Trinajstić information content (AvgIpc) is 2.57. The normalized spacial score (nSPS) is 31.4. The zero-order valence-corrected chi connectivity index (χ0v) is 17.0. The Labute approximate surface area is 140 Å². The molecule has 2 rings (SSSR count). The molecule has 1 aliphatic heterocycles. The molecular formula is C14H31BFeN2PSi+. The molecule has 0 aromatic heterocycles. The predicted octanol–water partition coefficient (Wildman–Crippen LogP) is 3.71. The fraction of sp³-hybridized carbons (Fsp3) is 0.857. The van der Waals surface area contributed by atoms with Crippen LogP contribution in [0.15, 0.2) is 0 Å². The summed E-state index contributed by atoms with van der Waals surface area (Å²) in [6.07, 6.45) is 6.60. The minimum absolute atomic E-state index is 0. The van der Waals surface area contributed by atoms with Gasteiger partial charge in [-0.05, 0) is 6.42 Å². The second-order valence-electron chi connectivity index (χ2n) is 7.09. The van der Waals surface area contributed by atoms with Gasteiger partial charge in [0.05, 0.1) is 13.1 Å². The molecule has 0 amide bonds. The Bertz CT molecular complexity index is 304. The molecule has 0 spiro atoms. The maximum absolute atomic E-state index is 6.97. The number of rotatable bonds is 2. The van der Waals surface area contributed by atoms with E-state index in [0.29, 0.717) is 0 Å². The Morgan fingerprint density at radius 1 is 1.15 bits per heavy atom. The summed E-state index contributed by atoms with van der Waals surface area (Å²) >= 11 is 0. The Morgan fingerprint density at radius 3 is 2.10 bits per heavy atom. The Hall–Kier alpha value is 1.15. The number of hydrogen-bond acceptors (Lipinski definition) is 2. The second-order valence-corrected chi connectivity index (χ2v) is 15.9. The fourth-order valence-electron chi connectivity index (χ4n) is 3.69. The minimum atomic E-state index is -1.56. The number of hydrogen-bond donors (Lipinski definition) is 0. The quantitative estimate of drug-likeness (QED) is 0.424. The van der Waals surface area contributed by atoms with Crippen molar-refractivity contribution in [2.24, 2.45) is 0 Å². The van der Waals surface area contributed by atoms with Crippen LogP contribution < -0.4 is 0 Å². The van der Waals surface area contributed by atoms with E-state index in [4.69, 9.17) is 7.57 Å². The topological polar surface area (TPSA) is 6.48 Å². The molecular weight excluding hydrogens is 322 g/mol. The number of likely N-dealkylation sites (N-methyl/N-ethyl adjacent to an activating group) is 2. The van der Waals surface area contributed by atoms with E-state index in [1.165, 1.54) is 19.3 Å². The van der Waals surface area contributed by atoms with Gasteiger partial charge in [0.2, 0.25) is 0 Å². The first-order valence-electron chi connectivity index (χ1n) is 7.22. The summed E-state index contributed by atoms with van der Waals surface area (Å²) in [6.45, 7) is 9.82. The minimum Gasteiger partial charge on any atom is -0.358 e. The van der Waals surface area contributed by atoms with Crippen LogP contribution >= 0.6 is 7.44 Å². The summed E-state index contributed by atoms with van der Waals surface area (Å²) in [6, 6.07) is 0. The molecule has 1 saturated heterocycles. The van der Waals surface area contributed by atoms with E-state index in [9.17, 15) is 0 Å². The summed E-state index contributed by atoms with van der Waals surface area (Å²) in [5, 5.41) is 0. The third-order valence-electron chi connectivity index (χ3n) is 4.87. The molecule has 0 aromatic rings. The van der Waals surface area contributed by atoms with E-state index in [2.05, 4.69) is 49.5 Å². The van der Waals surface area contributed by atoms with Gasteiger partial charge in [0.1, 0.15) is 0 Å². The van der Waals surface area contributed by atoms with Crippen LogP contribution in [0, 0.1) is 13.8 Å². The SMILES string of the molecule is [B][P+]1(C2CCC[CH-]C2[Si](C)(C)C)N(C)CCN1C.[CH3-].[Fe+2]. The molecule has 2 fully saturated rings. The molecule has 2 atom stereocenters. The van der Waals surface area contributed by atoms with Crippen LogP contribution in [-0.4, -0.2) is 57.8 Å². The molecule has 6 heteroatoms. The Morgan fingerprint density at radius 2 is 1.65 bits per heavy atom. The van der Waals surface area contributed by atoms with Gasteiger partial charge >= 0.3 is 24.6 Å². The van der Waals surface area contributed by atoms with Crippen LogP contribution in [0.4, 0.5) is 0 Å². The number of nitrogens with zero attached hydrogens (tertiary/aromatic N) is 2. The molecule has 2 radical (unpaired) electrons. The first-order valence-corrected chi connectivity index (χ1v) is 12.6. The molecule has 116 valence electrons. The Kier molecular flexibility index (Phi) is 8.05. The van der Waals surface area contributed by atoms with Crippen LogP contribution in [-0.2, 0) is 17.1 Å². The molecule has 2 unspecified atom stereocenters. The molecule has 2 nitrogen and oxygen atoms in total. The Balaban J connectivity index is 0.00000180. The molecule has 1 heterocycles. The third-order valence-corrected chi connectivity index (χ3v) is 11.9. The molecule has 0 bridgehead atoms. The van der Waals surface area contributed by atoms with Crippen LogP contribution in [0.2, 0.25) is 25.2 Å². The zero-order valence-electron chi connectivity index (χ0n) is 14.0. The van der Waals surface area contributed by atoms with Crippen molar-refractivity contribution in [2.45, 2.75) is 50.1 Å². The summed E-state index contributed by atoms with van der Waals surface area (Å²) in [5.41, 5.74) is 1.52. The first-order chi connectivity index (χ1) is 8.28. The smallest absolute Gasteiger partial charge is 0.358 e. The molecule has 1 saturated carbocycles. The van der Waals surface area contributed by atoms with Gasteiger partial charge in [-0.15, -0.1) is 5.54 Å². The standard InChI is InChI=1S/C13H28BN2PSi.CH3.Fe/c1-15-10-11-16(2)17(15,14)12-8-6-7-9-13(12)18(3,4)5;;/h9,12-13H,6-8,10-11H2,1-5H3;1H3;/q;-1;+2. The van der Waals surface area contributed by atoms with Gasteiger partial charge in [0.25, 0.3) is 0 Å². The van der Waals surface area contributed by atoms with Crippen LogP contribution in [0.1, 0.15) is 19.3 Å². The van der Waals surface area contributed by atoms with E-state index in [-0.39, 0.29) is 24.5 Å². The van der Waals surface area contributed by atoms with Crippen molar-refractivity contribution in [1.29, 1.82) is 0 Å². The van der Waals surface area contributed by atoms with Gasteiger partial charge in [0.15, 0.2) is 0 Å². The van der Waals surface area contributed by atoms with Gasteiger partial charge in [-0.25, -0.2) is 0 Å². The van der Waals surface area contributed by atoms with Crippen molar-refractivity contribution < 1.29 is 17.1 Å². The van der Waals surface area contributed by atoms with Gasteiger partial charge in [-0.2, -0.15) is 15.8 Å². The average molecular weight is 353 g/mol. The molecule has 0 N–H and O–H groups in total. The van der Waals surface area contributed by atoms with Crippen molar-refractivity contribution in [1.82, 2.24) is 9.34 Å². The van der Waals surface area contributed by atoms with Crippen LogP contribution in [0.3, 0.4) is 0 Å². The van der Waals surface area contributed by atoms with E-state index >= 15 is 0 Å². The predicted molar refractivity (Wildman–Crippen MR) is 93.4 cm³/mol. The first kappa shape index (κ1) is 21.2. The van der Waals surface area contributed by atoms with E-state index in [0.717, 1.165) is 24.3 Å². The molecule has 0 aromatic carbocycles. The molecule has 1 aliphatic carbocycles. The maximum Gasteiger partial charge on any atom is 2.00 e. The van der Waals surface area contributed by atoms with E-state index in [1.807, 2.05) is 0 Å². The summed E-state index contributed by atoms with van der Waals surface area (Å²) in [7, 11) is 8.75. The largest absolute Gasteiger partial charge is 2.00 e. The van der Waals surface area contributed by atoms with Gasteiger partial charge in [0, 0.05) is 35.3 Å².